The third kappa shape index (κ3) is 3.93. The van der Waals surface area contributed by atoms with Crippen molar-refractivity contribution in [2.24, 2.45) is 4.99 Å². The highest BCUT2D eigenvalue weighted by Gasteiger charge is 2.35. The first kappa shape index (κ1) is 18.4. The predicted octanol–water partition coefficient (Wildman–Crippen LogP) is 5.05. The molecule has 2 rings (SSSR count). The Balaban J connectivity index is 2.79. The highest BCUT2D eigenvalue weighted by Crippen LogP contribution is 2.46. The zero-order valence-corrected chi connectivity index (χ0v) is 14.0. The highest BCUT2D eigenvalue weighted by atomic mass is 32.1. The van der Waals surface area contributed by atoms with Crippen LogP contribution in [0.15, 0.2) is 22.6 Å². The Morgan fingerprint density at radius 2 is 2.17 bits per heavy atom. The summed E-state index contributed by atoms with van der Waals surface area (Å²) in [6, 6.07) is 1.49. The number of aliphatic imine (C=N–C) groups is 1. The molecule has 0 amide bonds. The molecule has 0 aliphatic rings. The van der Waals surface area contributed by atoms with Crippen molar-refractivity contribution in [3.05, 3.63) is 28.8 Å². The van der Waals surface area contributed by atoms with Crippen LogP contribution in [0.4, 0.5) is 18.9 Å². The Labute approximate surface area is 141 Å². The van der Waals surface area contributed by atoms with E-state index in [4.69, 9.17) is 0 Å². The molecule has 130 valence electrons. The average molecular weight is 358 g/mol. The molecule has 1 heterocycles. The summed E-state index contributed by atoms with van der Waals surface area (Å²) < 4.78 is 42.6. The lowest BCUT2D eigenvalue weighted by molar-refractivity contribution is -0.274. The summed E-state index contributed by atoms with van der Waals surface area (Å²) in [5.41, 5.74) is 1.21. The quantitative estimate of drug-likeness (QED) is 0.736. The van der Waals surface area contributed by atoms with Crippen LogP contribution >= 0.6 is 11.3 Å². The minimum atomic E-state index is -4.89. The van der Waals surface area contributed by atoms with Gasteiger partial charge in [-0.15, -0.1) is 24.5 Å². The summed E-state index contributed by atoms with van der Waals surface area (Å²) in [5, 5.41) is 12.4. The van der Waals surface area contributed by atoms with Gasteiger partial charge in [0.15, 0.2) is 5.75 Å². The van der Waals surface area contributed by atoms with Crippen molar-refractivity contribution in [3.63, 3.8) is 0 Å². The van der Waals surface area contributed by atoms with E-state index in [1.54, 1.807) is 11.6 Å². The lowest BCUT2D eigenvalue weighted by Crippen LogP contribution is -2.19. The van der Waals surface area contributed by atoms with Gasteiger partial charge in [-0.3, -0.25) is 4.99 Å². The fraction of sp³-hybridized carbons (Fsp3) is 0.375. The fourth-order valence-electron chi connectivity index (χ4n) is 2.46. The summed E-state index contributed by atoms with van der Waals surface area (Å²) in [4.78, 5) is 8.00. The van der Waals surface area contributed by atoms with Gasteiger partial charge in [0.2, 0.25) is 0 Å². The van der Waals surface area contributed by atoms with Gasteiger partial charge in [-0.25, -0.2) is 4.98 Å². The van der Waals surface area contributed by atoms with Crippen LogP contribution < -0.4 is 4.74 Å². The Kier molecular flexibility index (Phi) is 5.61. The molecule has 0 spiro atoms. The zero-order chi connectivity index (χ0) is 17.9. The summed E-state index contributed by atoms with van der Waals surface area (Å²) in [5.74, 6) is -0.503. The Hall–Kier alpha value is -1.93. The number of aromatic nitrogens is 1. The van der Waals surface area contributed by atoms with Crippen molar-refractivity contribution < 1.29 is 23.0 Å². The smallest absolute Gasteiger partial charge is 0.403 e. The number of benzene rings is 1. The molecular formula is C16H17F3N2O2S. The Morgan fingerprint density at radius 1 is 1.46 bits per heavy atom. The molecule has 0 saturated carbocycles. The number of hydrogen-bond donors (Lipinski definition) is 1. The SMILES string of the molecule is C=Nc1c(CCC)c(-c2nccs2)cc(C(C)O)c1OC(F)(F)F. The van der Waals surface area contributed by atoms with Gasteiger partial charge in [0.05, 0.1) is 6.10 Å². The molecule has 1 aromatic carbocycles. The molecule has 1 N–H and O–H groups in total. The second-order valence-electron chi connectivity index (χ2n) is 5.14. The van der Waals surface area contributed by atoms with E-state index in [1.807, 2.05) is 6.92 Å². The number of nitrogens with zero attached hydrogens (tertiary/aromatic N) is 2. The van der Waals surface area contributed by atoms with Crippen LogP contribution in [0, 0.1) is 0 Å². The van der Waals surface area contributed by atoms with E-state index in [0.717, 1.165) is 0 Å². The highest BCUT2D eigenvalue weighted by molar-refractivity contribution is 7.13. The molecule has 1 unspecified atom stereocenters. The lowest BCUT2D eigenvalue weighted by Gasteiger charge is -2.21. The monoisotopic (exact) mass is 358 g/mol. The Bertz CT molecular complexity index is 713. The summed E-state index contributed by atoms with van der Waals surface area (Å²) in [6.07, 6.45) is -3.27. The molecule has 24 heavy (non-hydrogen) atoms. The maximum atomic E-state index is 12.8. The van der Waals surface area contributed by atoms with Crippen molar-refractivity contribution in [2.75, 3.05) is 0 Å². The van der Waals surface area contributed by atoms with Crippen LogP contribution in [0.3, 0.4) is 0 Å². The molecule has 8 heteroatoms. The molecule has 4 nitrogen and oxygen atoms in total. The van der Waals surface area contributed by atoms with Gasteiger partial charge in [-0.2, -0.15) is 0 Å². The largest absolute Gasteiger partial charge is 0.573 e. The lowest BCUT2D eigenvalue weighted by atomic mass is 9.95. The van der Waals surface area contributed by atoms with Crippen LogP contribution in [0.5, 0.6) is 5.75 Å². The number of halogens is 3. The topological polar surface area (TPSA) is 54.7 Å². The van der Waals surface area contributed by atoms with E-state index in [0.29, 0.717) is 29.0 Å². The molecule has 0 radical (unpaired) electrons. The zero-order valence-electron chi connectivity index (χ0n) is 13.2. The minimum absolute atomic E-state index is 0.000205. The van der Waals surface area contributed by atoms with Crippen LogP contribution in [0.2, 0.25) is 0 Å². The van der Waals surface area contributed by atoms with Gasteiger partial charge in [0.1, 0.15) is 10.7 Å². The van der Waals surface area contributed by atoms with E-state index in [9.17, 15) is 18.3 Å². The van der Waals surface area contributed by atoms with Crippen LogP contribution in [-0.4, -0.2) is 23.2 Å². The fourth-order valence-corrected chi connectivity index (χ4v) is 3.14. The van der Waals surface area contributed by atoms with E-state index in [1.165, 1.54) is 24.3 Å². The average Bonchev–Trinajstić information content (AvgIpc) is 3.00. The second-order valence-corrected chi connectivity index (χ2v) is 6.03. The second kappa shape index (κ2) is 7.31. The van der Waals surface area contributed by atoms with E-state index < -0.39 is 18.2 Å². The van der Waals surface area contributed by atoms with Crippen molar-refractivity contribution in [2.45, 2.75) is 39.2 Å². The molecule has 1 aromatic heterocycles. The van der Waals surface area contributed by atoms with E-state index >= 15 is 0 Å². The minimum Gasteiger partial charge on any atom is -0.403 e. The number of thiazole rings is 1. The molecular weight excluding hydrogens is 341 g/mol. The van der Waals surface area contributed by atoms with Gasteiger partial charge in [0.25, 0.3) is 0 Å². The molecule has 0 saturated heterocycles. The van der Waals surface area contributed by atoms with Gasteiger partial charge in [0, 0.05) is 22.7 Å². The number of hydrogen-bond acceptors (Lipinski definition) is 5. The number of alkyl halides is 3. The number of aliphatic hydroxyl groups excluding tert-OH is 1. The summed E-state index contributed by atoms with van der Waals surface area (Å²) in [7, 11) is 0. The van der Waals surface area contributed by atoms with Crippen molar-refractivity contribution in [1.82, 2.24) is 4.98 Å². The van der Waals surface area contributed by atoms with E-state index in [2.05, 4.69) is 21.4 Å². The van der Waals surface area contributed by atoms with Gasteiger partial charge < -0.3 is 9.84 Å². The molecule has 1 atom stereocenters. The molecule has 0 aliphatic carbocycles. The first-order valence-electron chi connectivity index (χ1n) is 7.28. The predicted molar refractivity (Wildman–Crippen MR) is 88.1 cm³/mol. The number of rotatable bonds is 6. The maximum absolute atomic E-state index is 12.8. The van der Waals surface area contributed by atoms with Gasteiger partial charge in [-0.1, -0.05) is 13.3 Å². The molecule has 0 aliphatic heterocycles. The standard InChI is InChI=1S/C16H17F3N2O2S/c1-4-5-10-12(15-21-6-7-24-15)8-11(9(2)22)14(13(10)20-3)23-16(17,18)19/h6-9,22H,3-5H2,1-2H3. The van der Waals surface area contributed by atoms with Crippen molar-refractivity contribution in [1.29, 1.82) is 0 Å². The van der Waals surface area contributed by atoms with Crippen LogP contribution in [0.1, 0.15) is 37.5 Å². The van der Waals surface area contributed by atoms with Crippen molar-refractivity contribution in [3.8, 4) is 16.3 Å². The third-order valence-corrected chi connectivity index (χ3v) is 4.18. The first-order valence-corrected chi connectivity index (χ1v) is 8.16. The number of ether oxygens (including phenoxy) is 1. The third-order valence-electron chi connectivity index (χ3n) is 3.38. The maximum Gasteiger partial charge on any atom is 0.573 e. The van der Waals surface area contributed by atoms with Gasteiger partial charge >= 0.3 is 6.36 Å². The summed E-state index contributed by atoms with van der Waals surface area (Å²) in [6.45, 7) is 6.67. The first-order chi connectivity index (χ1) is 11.3. The molecule has 0 fully saturated rings. The Morgan fingerprint density at radius 3 is 2.62 bits per heavy atom. The number of aliphatic hydroxyl groups is 1. The molecule has 0 bridgehead atoms. The van der Waals surface area contributed by atoms with E-state index in [-0.39, 0.29) is 11.3 Å². The normalized spacial score (nSPS) is 12.9. The van der Waals surface area contributed by atoms with Crippen molar-refractivity contribution >= 4 is 23.7 Å². The van der Waals surface area contributed by atoms with Gasteiger partial charge in [-0.05, 0) is 31.7 Å². The van der Waals surface area contributed by atoms with Crippen LogP contribution in [-0.2, 0) is 6.42 Å². The van der Waals surface area contributed by atoms with Crippen LogP contribution in [0.25, 0.3) is 10.6 Å². The molecule has 2 aromatic rings. The summed E-state index contributed by atoms with van der Waals surface area (Å²) >= 11 is 1.36.